The van der Waals surface area contributed by atoms with Crippen LogP contribution >= 0.6 is 0 Å². The minimum Gasteiger partial charge on any atom is -0.380 e. The summed E-state index contributed by atoms with van der Waals surface area (Å²) in [5.74, 6) is 0.548. The van der Waals surface area contributed by atoms with Crippen LogP contribution in [0.2, 0.25) is 0 Å². The standard InChI is InChI=1S/C10H18N2O/c1-4-13-8-10(9(2)3)12-7-5-6-11-12/h5-7,9-10H,4,8H2,1-3H3. The van der Waals surface area contributed by atoms with Gasteiger partial charge >= 0.3 is 0 Å². The van der Waals surface area contributed by atoms with Gasteiger partial charge < -0.3 is 4.74 Å². The number of nitrogens with zero attached hydrogens (tertiary/aromatic N) is 2. The molecule has 0 radical (unpaired) electrons. The van der Waals surface area contributed by atoms with Crippen molar-refractivity contribution in [3.63, 3.8) is 0 Å². The highest BCUT2D eigenvalue weighted by atomic mass is 16.5. The van der Waals surface area contributed by atoms with Gasteiger partial charge in [-0.15, -0.1) is 0 Å². The van der Waals surface area contributed by atoms with Gasteiger partial charge in [0.05, 0.1) is 12.6 Å². The molecule has 1 atom stereocenters. The third-order valence-corrected chi connectivity index (χ3v) is 2.13. The van der Waals surface area contributed by atoms with Crippen LogP contribution in [0.3, 0.4) is 0 Å². The van der Waals surface area contributed by atoms with Gasteiger partial charge in [-0.05, 0) is 18.9 Å². The molecule has 3 nitrogen and oxygen atoms in total. The first-order chi connectivity index (χ1) is 6.25. The van der Waals surface area contributed by atoms with Crippen LogP contribution in [0.4, 0.5) is 0 Å². The second kappa shape index (κ2) is 5.02. The molecule has 0 aliphatic carbocycles. The van der Waals surface area contributed by atoms with E-state index in [-0.39, 0.29) is 0 Å². The summed E-state index contributed by atoms with van der Waals surface area (Å²) >= 11 is 0. The van der Waals surface area contributed by atoms with Crippen molar-refractivity contribution in [3.8, 4) is 0 Å². The second-order valence-electron chi connectivity index (χ2n) is 3.46. The van der Waals surface area contributed by atoms with Crippen molar-refractivity contribution in [2.24, 2.45) is 5.92 Å². The van der Waals surface area contributed by atoms with Crippen LogP contribution in [0.5, 0.6) is 0 Å². The molecule has 0 aliphatic rings. The largest absolute Gasteiger partial charge is 0.380 e. The molecule has 0 saturated carbocycles. The normalized spacial score (nSPS) is 13.5. The number of ether oxygens (including phenoxy) is 1. The van der Waals surface area contributed by atoms with Gasteiger partial charge in [-0.2, -0.15) is 5.10 Å². The van der Waals surface area contributed by atoms with E-state index in [9.17, 15) is 0 Å². The number of aromatic nitrogens is 2. The van der Waals surface area contributed by atoms with Gasteiger partial charge in [-0.25, -0.2) is 0 Å². The van der Waals surface area contributed by atoms with Crippen molar-refractivity contribution in [1.82, 2.24) is 9.78 Å². The van der Waals surface area contributed by atoms with Gasteiger partial charge in [0, 0.05) is 19.0 Å². The maximum absolute atomic E-state index is 5.42. The molecule has 0 aliphatic heterocycles. The third-order valence-electron chi connectivity index (χ3n) is 2.13. The van der Waals surface area contributed by atoms with Crippen molar-refractivity contribution in [2.45, 2.75) is 26.8 Å². The molecule has 13 heavy (non-hydrogen) atoms. The predicted octanol–water partition coefficient (Wildman–Crippen LogP) is 2.12. The Hall–Kier alpha value is -0.830. The Morgan fingerprint density at radius 3 is 2.69 bits per heavy atom. The zero-order valence-corrected chi connectivity index (χ0v) is 8.60. The molecule has 3 heteroatoms. The lowest BCUT2D eigenvalue weighted by Gasteiger charge is -2.20. The van der Waals surface area contributed by atoms with E-state index in [2.05, 4.69) is 18.9 Å². The molecular weight excluding hydrogens is 164 g/mol. The number of hydrogen-bond acceptors (Lipinski definition) is 2. The zero-order valence-electron chi connectivity index (χ0n) is 8.60. The Bertz CT molecular complexity index is 219. The van der Waals surface area contributed by atoms with Crippen LogP contribution in [0.1, 0.15) is 26.8 Å². The molecule has 1 unspecified atom stereocenters. The molecule has 0 amide bonds. The lowest BCUT2D eigenvalue weighted by molar-refractivity contribution is 0.0914. The van der Waals surface area contributed by atoms with Crippen LogP contribution in [-0.4, -0.2) is 23.0 Å². The summed E-state index contributed by atoms with van der Waals surface area (Å²) in [6.07, 6.45) is 3.80. The predicted molar refractivity (Wildman–Crippen MR) is 52.6 cm³/mol. The van der Waals surface area contributed by atoms with E-state index < -0.39 is 0 Å². The highest BCUT2D eigenvalue weighted by Gasteiger charge is 2.15. The Balaban J connectivity index is 2.58. The summed E-state index contributed by atoms with van der Waals surface area (Å²) in [4.78, 5) is 0. The summed E-state index contributed by atoms with van der Waals surface area (Å²) in [6, 6.07) is 2.30. The van der Waals surface area contributed by atoms with E-state index in [4.69, 9.17) is 4.74 Å². The van der Waals surface area contributed by atoms with Crippen LogP contribution in [0, 0.1) is 5.92 Å². The van der Waals surface area contributed by atoms with Crippen molar-refractivity contribution < 1.29 is 4.74 Å². The molecule has 0 bridgehead atoms. The van der Waals surface area contributed by atoms with Gasteiger partial charge in [-0.3, -0.25) is 4.68 Å². The molecule has 1 rings (SSSR count). The first-order valence-electron chi connectivity index (χ1n) is 4.82. The van der Waals surface area contributed by atoms with Crippen LogP contribution in [-0.2, 0) is 4.74 Å². The van der Waals surface area contributed by atoms with Gasteiger partial charge in [-0.1, -0.05) is 13.8 Å². The number of hydrogen-bond donors (Lipinski definition) is 0. The van der Waals surface area contributed by atoms with E-state index in [0.717, 1.165) is 13.2 Å². The van der Waals surface area contributed by atoms with Crippen molar-refractivity contribution >= 4 is 0 Å². The van der Waals surface area contributed by atoms with E-state index >= 15 is 0 Å². The highest BCUT2D eigenvalue weighted by Crippen LogP contribution is 2.16. The lowest BCUT2D eigenvalue weighted by Crippen LogP contribution is -2.21. The first kappa shape index (κ1) is 10.3. The van der Waals surface area contributed by atoms with Crippen LogP contribution in [0.25, 0.3) is 0 Å². The minimum absolute atomic E-state index is 0.356. The third kappa shape index (κ3) is 2.84. The Labute approximate surface area is 79.7 Å². The maximum Gasteiger partial charge on any atom is 0.0775 e. The minimum atomic E-state index is 0.356. The zero-order chi connectivity index (χ0) is 9.68. The SMILES string of the molecule is CCOCC(C(C)C)n1cccn1. The van der Waals surface area contributed by atoms with E-state index in [1.807, 2.05) is 23.9 Å². The van der Waals surface area contributed by atoms with Gasteiger partial charge in [0.2, 0.25) is 0 Å². The fourth-order valence-corrected chi connectivity index (χ4v) is 1.29. The van der Waals surface area contributed by atoms with Crippen molar-refractivity contribution in [1.29, 1.82) is 0 Å². The molecule has 1 aromatic rings. The molecule has 0 N–H and O–H groups in total. The first-order valence-corrected chi connectivity index (χ1v) is 4.82. The quantitative estimate of drug-likeness (QED) is 0.697. The average molecular weight is 182 g/mol. The summed E-state index contributed by atoms with van der Waals surface area (Å²) < 4.78 is 7.39. The molecule has 0 aromatic carbocycles. The lowest BCUT2D eigenvalue weighted by atomic mass is 10.1. The maximum atomic E-state index is 5.42. The number of rotatable bonds is 5. The Kier molecular flexibility index (Phi) is 3.96. The topological polar surface area (TPSA) is 27.1 Å². The summed E-state index contributed by atoms with van der Waals surface area (Å²) in [5.41, 5.74) is 0. The second-order valence-corrected chi connectivity index (χ2v) is 3.46. The van der Waals surface area contributed by atoms with Gasteiger partial charge in [0.25, 0.3) is 0 Å². The Morgan fingerprint density at radius 1 is 1.46 bits per heavy atom. The molecule has 0 fully saturated rings. The van der Waals surface area contributed by atoms with Crippen molar-refractivity contribution in [2.75, 3.05) is 13.2 Å². The van der Waals surface area contributed by atoms with E-state index in [1.165, 1.54) is 0 Å². The smallest absolute Gasteiger partial charge is 0.0775 e. The van der Waals surface area contributed by atoms with Crippen LogP contribution in [0.15, 0.2) is 18.5 Å². The molecule has 0 saturated heterocycles. The summed E-state index contributed by atoms with van der Waals surface area (Å²) in [5, 5.41) is 4.23. The van der Waals surface area contributed by atoms with Crippen molar-refractivity contribution in [3.05, 3.63) is 18.5 Å². The average Bonchev–Trinajstić information content (AvgIpc) is 2.57. The summed E-state index contributed by atoms with van der Waals surface area (Å²) in [6.45, 7) is 7.90. The molecule has 1 aromatic heterocycles. The fraction of sp³-hybridized carbons (Fsp3) is 0.700. The molecule has 74 valence electrons. The van der Waals surface area contributed by atoms with Gasteiger partial charge in [0.15, 0.2) is 0 Å². The molecular formula is C10H18N2O. The monoisotopic (exact) mass is 182 g/mol. The summed E-state index contributed by atoms with van der Waals surface area (Å²) in [7, 11) is 0. The molecule has 0 spiro atoms. The van der Waals surface area contributed by atoms with Crippen LogP contribution < -0.4 is 0 Å². The highest BCUT2D eigenvalue weighted by molar-refractivity contribution is 4.82. The van der Waals surface area contributed by atoms with Gasteiger partial charge in [0.1, 0.15) is 0 Å². The van der Waals surface area contributed by atoms with E-state index in [1.54, 1.807) is 6.20 Å². The molecule has 1 heterocycles. The Morgan fingerprint density at radius 2 is 2.23 bits per heavy atom. The fourth-order valence-electron chi connectivity index (χ4n) is 1.29. The van der Waals surface area contributed by atoms with E-state index in [0.29, 0.717) is 12.0 Å².